The molecule has 6 nitrogen and oxygen atoms in total. The first-order valence-electron chi connectivity index (χ1n) is 8.29. The molecule has 1 rings (SSSR count). The molecule has 3 amide bonds. The number of nitrogens with one attached hydrogen (secondary N) is 2. The molecule has 0 radical (unpaired) electrons. The lowest BCUT2D eigenvalue weighted by Gasteiger charge is -2.31. The molecular formula is C18H30N4O2. The molecule has 0 aliphatic rings. The summed E-state index contributed by atoms with van der Waals surface area (Å²) >= 11 is 0. The lowest BCUT2D eigenvalue weighted by atomic mass is 10.0. The predicted molar refractivity (Wildman–Crippen MR) is 97.7 cm³/mol. The molecule has 1 atom stereocenters. The van der Waals surface area contributed by atoms with Gasteiger partial charge in [-0.3, -0.25) is 4.79 Å². The largest absolute Gasteiger partial charge is 0.344 e. The zero-order chi connectivity index (χ0) is 18.3. The summed E-state index contributed by atoms with van der Waals surface area (Å²) in [6.45, 7) is 8.07. The van der Waals surface area contributed by atoms with Crippen molar-refractivity contribution >= 4 is 17.6 Å². The average molecular weight is 334 g/mol. The maximum atomic E-state index is 12.6. The molecule has 24 heavy (non-hydrogen) atoms. The molecule has 134 valence electrons. The van der Waals surface area contributed by atoms with E-state index in [1.54, 1.807) is 37.9 Å². The second kappa shape index (κ2) is 8.68. The first kappa shape index (κ1) is 20.0. The monoisotopic (exact) mass is 334 g/mol. The fraction of sp³-hybridized carbons (Fsp3) is 0.556. The van der Waals surface area contributed by atoms with Gasteiger partial charge in [0, 0.05) is 25.3 Å². The van der Waals surface area contributed by atoms with Gasteiger partial charge in [0.05, 0.1) is 0 Å². The number of benzene rings is 1. The Morgan fingerprint density at radius 2 is 1.79 bits per heavy atom. The third-order valence-electron chi connectivity index (χ3n) is 3.99. The minimum atomic E-state index is -1.00. The maximum absolute atomic E-state index is 12.6. The van der Waals surface area contributed by atoms with Crippen LogP contribution in [0.1, 0.15) is 34.1 Å². The third kappa shape index (κ3) is 6.20. The molecule has 0 bridgehead atoms. The van der Waals surface area contributed by atoms with Crippen molar-refractivity contribution in [3.63, 3.8) is 0 Å². The van der Waals surface area contributed by atoms with Gasteiger partial charge in [-0.25, -0.2) is 4.79 Å². The Morgan fingerprint density at radius 1 is 1.21 bits per heavy atom. The Kier molecular flexibility index (Phi) is 7.22. The van der Waals surface area contributed by atoms with Crippen molar-refractivity contribution in [3.05, 3.63) is 30.3 Å². The molecule has 0 fully saturated rings. The molecule has 0 saturated heterocycles. The Labute approximate surface area is 144 Å². The highest BCUT2D eigenvalue weighted by atomic mass is 16.2. The number of rotatable bonds is 7. The van der Waals surface area contributed by atoms with E-state index in [9.17, 15) is 9.59 Å². The van der Waals surface area contributed by atoms with Gasteiger partial charge in [0.15, 0.2) is 0 Å². The van der Waals surface area contributed by atoms with E-state index in [1.165, 1.54) is 0 Å². The number of carbonyl (C=O) groups is 2. The molecule has 0 saturated carbocycles. The van der Waals surface area contributed by atoms with Crippen molar-refractivity contribution in [2.75, 3.05) is 18.9 Å². The number of hydrogen-bond donors (Lipinski definition) is 3. The van der Waals surface area contributed by atoms with E-state index in [0.29, 0.717) is 18.2 Å². The van der Waals surface area contributed by atoms with Crippen LogP contribution in [0.25, 0.3) is 0 Å². The van der Waals surface area contributed by atoms with Crippen molar-refractivity contribution < 1.29 is 9.59 Å². The van der Waals surface area contributed by atoms with Crippen LogP contribution in [0.2, 0.25) is 0 Å². The molecular weight excluding hydrogens is 304 g/mol. The van der Waals surface area contributed by atoms with E-state index in [1.807, 2.05) is 18.2 Å². The van der Waals surface area contributed by atoms with Gasteiger partial charge in [0.1, 0.15) is 5.54 Å². The standard InChI is InChI=1S/C18H30N4O2/c1-13(2)15(19)11-12-22(5)16(23)18(3,4)21-17(24)20-14-9-7-6-8-10-14/h6-10,13,15H,11-12,19H2,1-5H3,(H2,20,21,24). The molecule has 0 aliphatic carbocycles. The van der Waals surface area contributed by atoms with Crippen LogP contribution >= 0.6 is 0 Å². The molecule has 0 aromatic heterocycles. The molecule has 4 N–H and O–H groups in total. The summed E-state index contributed by atoms with van der Waals surface area (Å²) < 4.78 is 0. The van der Waals surface area contributed by atoms with E-state index in [2.05, 4.69) is 24.5 Å². The predicted octanol–water partition coefficient (Wildman–Crippen LogP) is 2.42. The van der Waals surface area contributed by atoms with Crippen molar-refractivity contribution in [1.29, 1.82) is 0 Å². The van der Waals surface area contributed by atoms with Crippen LogP contribution in [0, 0.1) is 5.92 Å². The van der Waals surface area contributed by atoms with E-state index in [4.69, 9.17) is 5.73 Å². The van der Waals surface area contributed by atoms with Crippen LogP contribution in [0.15, 0.2) is 30.3 Å². The highest BCUT2D eigenvalue weighted by Crippen LogP contribution is 2.11. The van der Waals surface area contributed by atoms with E-state index >= 15 is 0 Å². The smallest absolute Gasteiger partial charge is 0.320 e. The van der Waals surface area contributed by atoms with Gasteiger partial charge in [0.2, 0.25) is 5.91 Å². The number of anilines is 1. The second-order valence-electron chi connectivity index (χ2n) is 6.99. The zero-order valence-corrected chi connectivity index (χ0v) is 15.3. The summed E-state index contributed by atoms with van der Waals surface area (Å²) in [4.78, 5) is 26.3. The number of amides is 3. The number of nitrogens with two attached hydrogens (primary N) is 1. The lowest BCUT2D eigenvalue weighted by Crippen LogP contribution is -2.56. The number of likely N-dealkylation sites (N-methyl/N-ethyl adjacent to an activating group) is 1. The van der Waals surface area contributed by atoms with Crippen LogP contribution in [0.3, 0.4) is 0 Å². The zero-order valence-electron chi connectivity index (χ0n) is 15.3. The minimum Gasteiger partial charge on any atom is -0.344 e. The van der Waals surface area contributed by atoms with Crippen LogP contribution < -0.4 is 16.4 Å². The van der Waals surface area contributed by atoms with Crippen LogP contribution in [-0.4, -0.2) is 42.0 Å². The Hall–Kier alpha value is -2.08. The first-order chi connectivity index (χ1) is 11.1. The van der Waals surface area contributed by atoms with Crippen molar-refractivity contribution in [3.8, 4) is 0 Å². The van der Waals surface area contributed by atoms with Crippen molar-refractivity contribution in [2.24, 2.45) is 11.7 Å². The molecule has 0 heterocycles. The number of hydrogen-bond acceptors (Lipinski definition) is 3. The summed E-state index contributed by atoms with van der Waals surface area (Å²) in [6.07, 6.45) is 0.728. The van der Waals surface area contributed by atoms with Gasteiger partial charge >= 0.3 is 6.03 Å². The van der Waals surface area contributed by atoms with Gasteiger partial charge in [-0.2, -0.15) is 0 Å². The Bertz CT molecular complexity index is 543. The van der Waals surface area contributed by atoms with Gasteiger partial charge in [-0.15, -0.1) is 0 Å². The van der Waals surface area contributed by atoms with Gasteiger partial charge < -0.3 is 21.3 Å². The van der Waals surface area contributed by atoms with Gasteiger partial charge in [-0.1, -0.05) is 32.0 Å². The number of carbonyl (C=O) groups excluding carboxylic acids is 2. The Balaban J connectivity index is 2.56. The minimum absolute atomic E-state index is 0.0534. The fourth-order valence-electron chi connectivity index (χ4n) is 2.28. The van der Waals surface area contributed by atoms with Crippen molar-refractivity contribution in [1.82, 2.24) is 10.2 Å². The summed E-state index contributed by atoms with van der Waals surface area (Å²) in [5, 5.41) is 5.44. The van der Waals surface area contributed by atoms with E-state index in [-0.39, 0.29) is 11.9 Å². The van der Waals surface area contributed by atoms with Crippen LogP contribution in [0.5, 0.6) is 0 Å². The van der Waals surface area contributed by atoms with Crippen LogP contribution in [0.4, 0.5) is 10.5 Å². The average Bonchev–Trinajstić information content (AvgIpc) is 2.51. The summed E-state index contributed by atoms with van der Waals surface area (Å²) in [7, 11) is 1.73. The van der Waals surface area contributed by atoms with Gasteiger partial charge in [0.25, 0.3) is 0 Å². The highest BCUT2D eigenvalue weighted by molar-refractivity contribution is 5.95. The molecule has 6 heteroatoms. The molecule has 1 aromatic rings. The highest BCUT2D eigenvalue weighted by Gasteiger charge is 2.32. The quantitative estimate of drug-likeness (QED) is 0.715. The molecule has 0 aliphatic heterocycles. The SMILES string of the molecule is CC(C)C(N)CCN(C)C(=O)C(C)(C)NC(=O)Nc1ccccc1. The first-order valence-corrected chi connectivity index (χ1v) is 8.29. The van der Waals surface area contributed by atoms with E-state index in [0.717, 1.165) is 6.42 Å². The van der Waals surface area contributed by atoms with E-state index < -0.39 is 11.6 Å². The molecule has 1 aromatic carbocycles. The normalized spacial score (nSPS) is 12.6. The Morgan fingerprint density at radius 3 is 2.33 bits per heavy atom. The summed E-state index contributed by atoms with van der Waals surface area (Å²) in [6, 6.07) is 8.74. The third-order valence-corrected chi connectivity index (χ3v) is 3.99. The summed E-state index contributed by atoms with van der Waals surface area (Å²) in [5.41, 5.74) is 5.69. The van der Waals surface area contributed by atoms with Crippen LogP contribution in [-0.2, 0) is 4.79 Å². The van der Waals surface area contributed by atoms with Gasteiger partial charge in [-0.05, 0) is 38.3 Å². The topological polar surface area (TPSA) is 87.5 Å². The number of para-hydroxylation sites is 1. The number of nitrogens with zero attached hydrogens (tertiary/aromatic N) is 1. The lowest BCUT2D eigenvalue weighted by molar-refractivity contribution is -0.135. The molecule has 1 unspecified atom stereocenters. The second-order valence-corrected chi connectivity index (χ2v) is 6.99. The molecule has 0 spiro atoms. The van der Waals surface area contributed by atoms with Crippen molar-refractivity contribution in [2.45, 2.75) is 45.7 Å². The number of urea groups is 1. The summed E-state index contributed by atoms with van der Waals surface area (Å²) in [5.74, 6) is 0.220. The maximum Gasteiger partial charge on any atom is 0.320 e. The fourth-order valence-corrected chi connectivity index (χ4v) is 2.28.